The molecule has 0 radical (unpaired) electrons. The highest BCUT2D eigenvalue weighted by atomic mass is 16.5. The Labute approximate surface area is 266 Å². The van der Waals surface area contributed by atoms with Gasteiger partial charge in [-0.3, -0.25) is 24.3 Å². The molecule has 0 saturated heterocycles. The van der Waals surface area contributed by atoms with Crippen molar-refractivity contribution >= 4 is 29.1 Å². The molecule has 1 aliphatic heterocycles. The summed E-state index contributed by atoms with van der Waals surface area (Å²) in [5.74, 6) is 1.01. The van der Waals surface area contributed by atoms with Gasteiger partial charge in [-0.25, -0.2) is 0 Å². The molecular formula is C35H45N5O5. The number of fused-ring (bicyclic) bond motifs is 1. The van der Waals surface area contributed by atoms with Crippen molar-refractivity contribution in [3.63, 3.8) is 0 Å². The van der Waals surface area contributed by atoms with Gasteiger partial charge in [0, 0.05) is 65.3 Å². The van der Waals surface area contributed by atoms with Crippen LogP contribution in [0.5, 0.6) is 11.5 Å². The average Bonchev–Trinajstić information content (AvgIpc) is 3.10. The van der Waals surface area contributed by atoms with E-state index in [4.69, 9.17) is 9.47 Å². The summed E-state index contributed by atoms with van der Waals surface area (Å²) in [7, 11) is 5.17. The molecular weight excluding hydrogens is 570 g/mol. The first-order valence-electron chi connectivity index (χ1n) is 15.4. The number of methoxy groups -OCH3 is 1. The van der Waals surface area contributed by atoms with E-state index in [1.165, 1.54) is 0 Å². The van der Waals surface area contributed by atoms with Crippen molar-refractivity contribution < 1.29 is 23.9 Å². The van der Waals surface area contributed by atoms with E-state index in [2.05, 4.69) is 9.88 Å². The van der Waals surface area contributed by atoms with Crippen molar-refractivity contribution in [2.75, 3.05) is 63.8 Å². The zero-order valence-electron chi connectivity index (χ0n) is 27.3. The summed E-state index contributed by atoms with van der Waals surface area (Å²) in [5, 5.41) is 0. The maximum absolute atomic E-state index is 13.2. The SMILES string of the molecule is CCN1C(=O)C(C)(C)C(=O)N(C)c2cc(OCCCN(CCN(C)C(=O)Cc3ccc(OC)cc3)Cc3ccncc3)ccc21. The Bertz CT molecular complexity index is 1460. The molecule has 0 aliphatic carbocycles. The second-order valence-electron chi connectivity index (χ2n) is 11.9. The van der Waals surface area contributed by atoms with Crippen molar-refractivity contribution in [1.29, 1.82) is 0 Å². The molecule has 3 aromatic rings. The first-order valence-corrected chi connectivity index (χ1v) is 15.4. The highest BCUT2D eigenvalue weighted by Gasteiger charge is 2.45. The lowest BCUT2D eigenvalue weighted by molar-refractivity contribution is -0.137. The van der Waals surface area contributed by atoms with Crippen LogP contribution < -0.4 is 19.3 Å². The molecule has 10 heteroatoms. The van der Waals surface area contributed by atoms with E-state index in [1.54, 1.807) is 55.1 Å². The summed E-state index contributed by atoms with van der Waals surface area (Å²) in [6.07, 6.45) is 4.67. The van der Waals surface area contributed by atoms with Gasteiger partial charge in [-0.15, -0.1) is 0 Å². The van der Waals surface area contributed by atoms with Gasteiger partial charge in [-0.2, -0.15) is 0 Å². The number of nitrogens with zero attached hydrogens (tertiary/aromatic N) is 5. The molecule has 1 aromatic heterocycles. The Kier molecular flexibility index (Phi) is 11.2. The third-order valence-electron chi connectivity index (χ3n) is 8.27. The first kappa shape index (κ1) is 33.5. The van der Waals surface area contributed by atoms with Gasteiger partial charge in [-0.1, -0.05) is 12.1 Å². The van der Waals surface area contributed by atoms with Gasteiger partial charge in [-0.05, 0) is 74.7 Å². The highest BCUT2D eigenvalue weighted by Crippen LogP contribution is 2.40. The molecule has 0 atom stereocenters. The fourth-order valence-corrected chi connectivity index (χ4v) is 5.43. The number of likely N-dealkylation sites (N-methyl/N-ethyl adjacent to an activating group) is 1. The topological polar surface area (TPSA) is 95.5 Å². The summed E-state index contributed by atoms with van der Waals surface area (Å²) < 4.78 is 11.4. The number of ether oxygens (including phenoxy) is 2. The molecule has 0 saturated carbocycles. The Morgan fingerprint density at radius 3 is 2.24 bits per heavy atom. The number of hydrogen-bond acceptors (Lipinski definition) is 7. The Balaban J connectivity index is 1.35. The summed E-state index contributed by atoms with van der Waals surface area (Å²) in [4.78, 5) is 50.7. The molecule has 1 aliphatic rings. The summed E-state index contributed by atoms with van der Waals surface area (Å²) >= 11 is 0. The fourth-order valence-electron chi connectivity index (χ4n) is 5.43. The smallest absolute Gasteiger partial charge is 0.242 e. The van der Waals surface area contributed by atoms with Crippen LogP contribution in [-0.2, 0) is 27.3 Å². The van der Waals surface area contributed by atoms with Crippen molar-refractivity contribution in [1.82, 2.24) is 14.8 Å². The third kappa shape index (κ3) is 8.19. The molecule has 0 N–H and O–H groups in total. The Hall–Kier alpha value is -4.44. The summed E-state index contributed by atoms with van der Waals surface area (Å²) in [5.41, 5.74) is 2.29. The lowest BCUT2D eigenvalue weighted by Gasteiger charge is -2.27. The maximum Gasteiger partial charge on any atom is 0.242 e. The molecule has 2 aromatic carbocycles. The van der Waals surface area contributed by atoms with Gasteiger partial charge >= 0.3 is 0 Å². The highest BCUT2D eigenvalue weighted by molar-refractivity contribution is 6.20. The van der Waals surface area contributed by atoms with E-state index in [0.717, 1.165) is 36.4 Å². The molecule has 0 bridgehead atoms. The molecule has 0 fully saturated rings. The van der Waals surface area contributed by atoms with Gasteiger partial charge in [0.2, 0.25) is 17.7 Å². The second-order valence-corrected chi connectivity index (χ2v) is 11.9. The molecule has 2 heterocycles. The van der Waals surface area contributed by atoms with Crippen LogP contribution >= 0.6 is 0 Å². The van der Waals surface area contributed by atoms with Crippen molar-refractivity contribution in [3.8, 4) is 11.5 Å². The minimum Gasteiger partial charge on any atom is -0.497 e. The normalized spacial score (nSPS) is 14.3. The van der Waals surface area contributed by atoms with E-state index >= 15 is 0 Å². The molecule has 0 unspecified atom stereocenters. The van der Waals surface area contributed by atoms with Gasteiger partial charge in [0.05, 0.1) is 31.5 Å². The standard InChI is InChI=1S/C35H45N5O5/c1-7-40-30-14-13-29(24-31(30)38(5)33(42)35(2,3)34(40)43)45-22-8-19-39(25-27-15-17-36-18-16-27)21-20-37(4)32(41)23-26-9-11-28(44-6)12-10-26/h9-18,24H,7-8,19-23,25H2,1-6H3. The minimum absolute atomic E-state index is 0.0609. The van der Waals surface area contributed by atoms with E-state index in [1.807, 2.05) is 68.6 Å². The lowest BCUT2D eigenvalue weighted by atomic mass is 9.90. The van der Waals surface area contributed by atoms with Crippen LogP contribution in [0.2, 0.25) is 0 Å². The number of pyridine rings is 1. The number of rotatable bonds is 14. The number of hydrogen-bond donors (Lipinski definition) is 0. The number of benzene rings is 2. The largest absolute Gasteiger partial charge is 0.497 e. The number of carbonyl (C=O) groups excluding carboxylic acids is 3. The van der Waals surface area contributed by atoms with Crippen LogP contribution in [0.3, 0.4) is 0 Å². The zero-order valence-corrected chi connectivity index (χ0v) is 27.3. The summed E-state index contributed by atoms with van der Waals surface area (Å²) in [6, 6.07) is 17.1. The first-order chi connectivity index (χ1) is 21.5. The monoisotopic (exact) mass is 615 g/mol. The number of aromatic nitrogens is 1. The van der Waals surface area contributed by atoms with Gasteiger partial charge < -0.3 is 24.2 Å². The molecule has 4 rings (SSSR count). The molecule has 10 nitrogen and oxygen atoms in total. The van der Waals surface area contributed by atoms with Crippen molar-refractivity contribution in [2.24, 2.45) is 5.41 Å². The van der Waals surface area contributed by atoms with Crippen LogP contribution in [0.1, 0.15) is 38.3 Å². The fraction of sp³-hybridized carbons (Fsp3) is 0.429. The van der Waals surface area contributed by atoms with Crippen LogP contribution in [0, 0.1) is 5.41 Å². The van der Waals surface area contributed by atoms with Crippen LogP contribution in [0.25, 0.3) is 0 Å². The molecule has 3 amide bonds. The number of amides is 3. The van der Waals surface area contributed by atoms with Gasteiger partial charge in [0.25, 0.3) is 0 Å². The van der Waals surface area contributed by atoms with Gasteiger partial charge in [0.1, 0.15) is 16.9 Å². The average molecular weight is 616 g/mol. The van der Waals surface area contributed by atoms with Crippen molar-refractivity contribution in [3.05, 3.63) is 78.1 Å². The number of carbonyl (C=O) groups is 3. The Morgan fingerprint density at radius 1 is 0.889 bits per heavy atom. The quantitative estimate of drug-likeness (QED) is 0.196. The van der Waals surface area contributed by atoms with E-state index in [-0.39, 0.29) is 17.7 Å². The predicted molar refractivity (Wildman–Crippen MR) is 176 cm³/mol. The maximum atomic E-state index is 13.2. The van der Waals surface area contributed by atoms with Gasteiger partial charge in [0.15, 0.2) is 0 Å². The molecule has 45 heavy (non-hydrogen) atoms. The molecule has 240 valence electrons. The minimum atomic E-state index is -1.16. The predicted octanol–water partition coefficient (Wildman–Crippen LogP) is 4.42. The van der Waals surface area contributed by atoms with E-state index < -0.39 is 5.41 Å². The molecule has 0 spiro atoms. The Morgan fingerprint density at radius 2 is 1.58 bits per heavy atom. The second kappa shape index (κ2) is 15.0. The van der Waals surface area contributed by atoms with Crippen LogP contribution in [0.15, 0.2) is 67.0 Å². The van der Waals surface area contributed by atoms with Crippen LogP contribution in [-0.4, -0.2) is 86.5 Å². The van der Waals surface area contributed by atoms with Crippen molar-refractivity contribution in [2.45, 2.75) is 40.2 Å². The third-order valence-corrected chi connectivity index (χ3v) is 8.27. The summed E-state index contributed by atoms with van der Waals surface area (Å²) in [6.45, 7) is 8.97. The number of anilines is 2. The van der Waals surface area contributed by atoms with E-state index in [0.29, 0.717) is 49.8 Å². The lowest BCUT2D eigenvalue weighted by Crippen LogP contribution is -2.47. The van der Waals surface area contributed by atoms with E-state index in [9.17, 15) is 14.4 Å². The zero-order chi connectivity index (χ0) is 32.6. The van der Waals surface area contributed by atoms with Crippen LogP contribution in [0.4, 0.5) is 11.4 Å².